The first-order valence-corrected chi connectivity index (χ1v) is 25.6. The predicted molar refractivity (Wildman–Crippen MR) is 242 cm³/mol. The van der Waals surface area contributed by atoms with Crippen molar-refractivity contribution in [1.82, 2.24) is 44.5 Å². The molecule has 8 heterocycles. The standard InChI is InChI=1S/C49H69N9O9/c1-2-23-50-41(59)33-15-5-24-51(33)43(61)35-17-7-26-53(35)45(63)37-19-9-28-55(37)47(65)39-21-11-30-57(39)49(67)40-22-12-31-58(40)48(66)38-20-10-29-56(38)46(64)36-18-8-27-54(36)44(62)34-16-6-25-52(34)42(60)32-13-3-4-14-32/h1,32-40H,3-31H2,(H,50,59)/t33-,34-,35-,36-,37-,38-,39-,40-/m0/s1. The van der Waals surface area contributed by atoms with Gasteiger partial charge in [0.1, 0.15) is 48.3 Å². The van der Waals surface area contributed by atoms with Crippen molar-refractivity contribution in [1.29, 1.82) is 0 Å². The number of rotatable bonds is 10. The largest absolute Gasteiger partial charge is 0.343 e. The first-order chi connectivity index (χ1) is 32.5. The minimum atomic E-state index is -0.791. The molecule has 9 aliphatic rings. The smallest absolute Gasteiger partial charge is 0.246 e. The summed E-state index contributed by atoms with van der Waals surface area (Å²) in [6.07, 6.45) is 18.1. The van der Waals surface area contributed by atoms with Crippen LogP contribution >= 0.6 is 0 Å². The van der Waals surface area contributed by atoms with E-state index in [0.29, 0.717) is 149 Å². The molecule has 18 heteroatoms. The van der Waals surface area contributed by atoms with Crippen molar-refractivity contribution >= 4 is 53.2 Å². The summed E-state index contributed by atoms with van der Waals surface area (Å²) in [4.78, 5) is 140. The van der Waals surface area contributed by atoms with Gasteiger partial charge in [-0.1, -0.05) is 18.8 Å². The number of carbonyl (C=O) groups excluding carboxylic acids is 9. The first kappa shape index (κ1) is 46.9. The zero-order chi connectivity index (χ0) is 46.9. The van der Waals surface area contributed by atoms with E-state index in [0.717, 1.165) is 32.1 Å². The number of likely N-dealkylation sites (tertiary alicyclic amines) is 8. The Bertz CT molecular complexity index is 2040. The molecule has 364 valence electrons. The Kier molecular flexibility index (Phi) is 14.1. The zero-order valence-electron chi connectivity index (χ0n) is 39.0. The van der Waals surface area contributed by atoms with Gasteiger partial charge in [0.25, 0.3) is 0 Å². The summed E-state index contributed by atoms with van der Waals surface area (Å²) >= 11 is 0. The molecule has 0 aromatic carbocycles. The Balaban J connectivity index is 0.829. The lowest BCUT2D eigenvalue weighted by molar-refractivity contribution is -0.155. The minimum absolute atomic E-state index is 0.0296. The van der Waals surface area contributed by atoms with Gasteiger partial charge in [-0.15, -0.1) is 6.42 Å². The summed E-state index contributed by atoms with van der Waals surface area (Å²) in [6.45, 7) is 3.28. The Morgan fingerprint density at radius 3 is 0.806 bits per heavy atom. The van der Waals surface area contributed by atoms with Crippen molar-refractivity contribution in [3.05, 3.63) is 0 Å². The molecule has 1 aliphatic carbocycles. The molecule has 0 bridgehead atoms. The number of amides is 9. The SMILES string of the molecule is C#CCNC(=O)[C@@H]1CCCN1C(=O)[C@@H]1CCCN1C(=O)[C@@H]1CCCN1C(=O)[C@@H]1CCCN1C(=O)[C@@H]1CCCN1C(=O)[C@@H]1CCCN1C(=O)[C@@H]1CCCN1C(=O)[C@@H]1CCCN1C(=O)C1CCCC1. The lowest BCUT2D eigenvalue weighted by atomic mass is 10.1. The highest BCUT2D eigenvalue weighted by molar-refractivity contribution is 5.99. The normalized spacial score (nSPS) is 31.1. The maximum absolute atomic E-state index is 14.6. The fourth-order valence-corrected chi connectivity index (χ4v) is 13.3. The second-order valence-electron chi connectivity index (χ2n) is 20.4. The van der Waals surface area contributed by atoms with Crippen LogP contribution in [0.5, 0.6) is 0 Å². The number of terminal acetylenes is 1. The molecule has 0 unspecified atom stereocenters. The first-order valence-electron chi connectivity index (χ1n) is 25.6. The highest BCUT2D eigenvalue weighted by Gasteiger charge is 2.51. The molecule has 1 saturated carbocycles. The van der Waals surface area contributed by atoms with Gasteiger partial charge in [-0.3, -0.25) is 43.2 Å². The van der Waals surface area contributed by atoms with E-state index in [4.69, 9.17) is 6.42 Å². The van der Waals surface area contributed by atoms with Gasteiger partial charge in [-0.25, -0.2) is 0 Å². The van der Waals surface area contributed by atoms with Crippen LogP contribution in [0.1, 0.15) is 128 Å². The molecule has 0 aromatic rings. The van der Waals surface area contributed by atoms with Crippen molar-refractivity contribution in [2.75, 3.05) is 58.9 Å². The molecule has 8 atom stereocenters. The monoisotopic (exact) mass is 928 g/mol. The molecule has 67 heavy (non-hydrogen) atoms. The Morgan fingerprint density at radius 2 is 0.552 bits per heavy atom. The van der Waals surface area contributed by atoms with E-state index >= 15 is 0 Å². The van der Waals surface area contributed by atoms with Crippen LogP contribution in [0.2, 0.25) is 0 Å². The lowest BCUT2D eigenvalue weighted by Gasteiger charge is -2.37. The Hall–Kier alpha value is -5.21. The molecule has 1 N–H and O–H groups in total. The summed E-state index contributed by atoms with van der Waals surface area (Å²) in [5.74, 6) is 0.295. The van der Waals surface area contributed by atoms with Crippen molar-refractivity contribution in [3.8, 4) is 12.3 Å². The molecule has 0 spiro atoms. The number of carbonyl (C=O) groups is 9. The van der Waals surface area contributed by atoms with Crippen molar-refractivity contribution in [2.45, 2.75) is 177 Å². The van der Waals surface area contributed by atoms with E-state index in [1.165, 1.54) is 0 Å². The van der Waals surface area contributed by atoms with E-state index in [-0.39, 0.29) is 65.6 Å². The van der Waals surface area contributed by atoms with Crippen LogP contribution in [0.25, 0.3) is 0 Å². The van der Waals surface area contributed by atoms with Gasteiger partial charge in [0.15, 0.2) is 0 Å². The van der Waals surface area contributed by atoms with Gasteiger partial charge in [0.2, 0.25) is 53.2 Å². The van der Waals surface area contributed by atoms with Gasteiger partial charge in [0.05, 0.1) is 6.54 Å². The number of nitrogens with zero attached hydrogens (tertiary/aromatic N) is 8. The maximum Gasteiger partial charge on any atom is 0.246 e. The van der Waals surface area contributed by atoms with Crippen LogP contribution in [0.3, 0.4) is 0 Å². The maximum atomic E-state index is 14.6. The molecule has 8 aliphatic heterocycles. The van der Waals surface area contributed by atoms with E-state index in [1.807, 2.05) is 0 Å². The Labute approximate surface area is 393 Å². The average Bonchev–Trinajstić information content (AvgIpc) is 4.21. The number of nitrogens with one attached hydrogen (secondary N) is 1. The summed E-state index contributed by atoms with van der Waals surface area (Å²) in [6, 6.07) is -5.75. The molecule has 18 nitrogen and oxygen atoms in total. The molecular formula is C49H69N9O9. The van der Waals surface area contributed by atoms with E-state index < -0.39 is 48.3 Å². The number of hydrogen-bond acceptors (Lipinski definition) is 9. The number of hydrogen-bond donors (Lipinski definition) is 1. The third kappa shape index (κ3) is 8.88. The van der Waals surface area contributed by atoms with Gasteiger partial charge in [0, 0.05) is 58.3 Å². The van der Waals surface area contributed by atoms with Gasteiger partial charge >= 0.3 is 0 Å². The van der Waals surface area contributed by atoms with Crippen LogP contribution in [0.4, 0.5) is 0 Å². The highest BCUT2D eigenvalue weighted by atomic mass is 16.2. The fraction of sp³-hybridized carbons (Fsp3) is 0.776. The third-order valence-electron chi connectivity index (χ3n) is 16.7. The molecule has 9 fully saturated rings. The van der Waals surface area contributed by atoms with Gasteiger partial charge < -0.3 is 44.5 Å². The third-order valence-corrected chi connectivity index (χ3v) is 16.7. The van der Waals surface area contributed by atoms with Crippen LogP contribution in [-0.2, 0) is 43.2 Å². The average molecular weight is 928 g/mol. The molecule has 0 aromatic heterocycles. The zero-order valence-corrected chi connectivity index (χ0v) is 39.0. The topological polar surface area (TPSA) is 192 Å². The van der Waals surface area contributed by atoms with E-state index in [1.54, 1.807) is 39.2 Å². The molecule has 0 radical (unpaired) electrons. The molecule has 9 rings (SSSR count). The van der Waals surface area contributed by atoms with E-state index in [9.17, 15) is 43.2 Å². The van der Waals surface area contributed by atoms with Crippen molar-refractivity contribution in [3.63, 3.8) is 0 Å². The fourth-order valence-electron chi connectivity index (χ4n) is 13.3. The summed E-state index contributed by atoms with van der Waals surface area (Å²) in [5, 5.41) is 2.68. The second kappa shape index (κ2) is 20.2. The molecule has 9 amide bonds. The quantitative estimate of drug-likeness (QED) is 0.310. The van der Waals surface area contributed by atoms with Crippen molar-refractivity contribution in [2.24, 2.45) is 5.92 Å². The predicted octanol–water partition coefficient (Wildman–Crippen LogP) is 0.854. The highest BCUT2D eigenvalue weighted by Crippen LogP contribution is 2.35. The van der Waals surface area contributed by atoms with Crippen LogP contribution in [0.15, 0.2) is 0 Å². The van der Waals surface area contributed by atoms with Gasteiger partial charge in [-0.2, -0.15) is 0 Å². The van der Waals surface area contributed by atoms with Crippen LogP contribution < -0.4 is 5.32 Å². The molecular weight excluding hydrogens is 859 g/mol. The van der Waals surface area contributed by atoms with E-state index in [2.05, 4.69) is 11.2 Å². The summed E-state index contributed by atoms with van der Waals surface area (Å²) in [7, 11) is 0. The minimum Gasteiger partial charge on any atom is -0.343 e. The second-order valence-corrected chi connectivity index (χ2v) is 20.4. The summed E-state index contributed by atoms with van der Waals surface area (Å²) < 4.78 is 0. The summed E-state index contributed by atoms with van der Waals surface area (Å²) in [5.41, 5.74) is 0. The van der Waals surface area contributed by atoms with Crippen LogP contribution in [-0.4, -0.2) is 200 Å². The van der Waals surface area contributed by atoms with Gasteiger partial charge in [-0.05, 0) is 116 Å². The molecule has 8 saturated heterocycles. The van der Waals surface area contributed by atoms with Crippen molar-refractivity contribution < 1.29 is 43.2 Å². The lowest BCUT2D eigenvalue weighted by Crippen LogP contribution is -2.59. The van der Waals surface area contributed by atoms with Crippen LogP contribution in [0, 0.1) is 18.3 Å². The Morgan fingerprint density at radius 1 is 0.328 bits per heavy atom.